The smallest absolute Gasteiger partial charge is 0.224 e. The fraction of sp³-hybridized carbons (Fsp3) is 0.818. The third-order valence-corrected chi connectivity index (χ3v) is 1.99. The second kappa shape index (κ2) is 6.83. The quantitative estimate of drug-likeness (QED) is 0.510. The maximum Gasteiger partial charge on any atom is 0.224 e. The van der Waals surface area contributed by atoms with E-state index in [-0.39, 0.29) is 6.29 Å². The molecule has 0 aromatic carbocycles. The topological polar surface area (TPSA) is 27.7 Å². The van der Waals surface area contributed by atoms with Gasteiger partial charge in [0.05, 0.1) is 0 Å². The van der Waals surface area contributed by atoms with Crippen LogP contribution in [0.2, 0.25) is 0 Å². The summed E-state index contributed by atoms with van der Waals surface area (Å²) in [7, 11) is 0. The summed E-state index contributed by atoms with van der Waals surface area (Å²) in [5.74, 6) is 5.64. The molecule has 0 N–H and O–H groups in total. The molecule has 1 aliphatic rings. The van der Waals surface area contributed by atoms with Gasteiger partial charge >= 0.3 is 0 Å². The van der Waals surface area contributed by atoms with Gasteiger partial charge in [-0.25, -0.2) is 0 Å². The van der Waals surface area contributed by atoms with Crippen molar-refractivity contribution in [2.24, 2.45) is 0 Å². The van der Waals surface area contributed by atoms with Crippen LogP contribution in [0.1, 0.15) is 33.1 Å². The van der Waals surface area contributed by atoms with Crippen molar-refractivity contribution in [3.8, 4) is 11.8 Å². The second-order valence-electron chi connectivity index (χ2n) is 3.11. The average molecular weight is 198 g/mol. The number of rotatable bonds is 4. The summed E-state index contributed by atoms with van der Waals surface area (Å²) in [6, 6.07) is 0. The Balaban J connectivity index is 2.31. The molecule has 1 heterocycles. The SMILES string of the molecule is CC#CC(OCC)OC1CCCCO1. The predicted molar refractivity (Wildman–Crippen MR) is 53.5 cm³/mol. The minimum atomic E-state index is -0.437. The third kappa shape index (κ3) is 4.10. The summed E-state index contributed by atoms with van der Waals surface area (Å²) >= 11 is 0. The molecule has 2 unspecified atom stereocenters. The summed E-state index contributed by atoms with van der Waals surface area (Å²) in [6.45, 7) is 5.08. The fourth-order valence-electron chi connectivity index (χ4n) is 1.34. The molecular weight excluding hydrogens is 180 g/mol. The van der Waals surface area contributed by atoms with Crippen LogP contribution >= 0.6 is 0 Å². The highest BCUT2D eigenvalue weighted by atomic mass is 16.8. The fourth-order valence-corrected chi connectivity index (χ4v) is 1.34. The van der Waals surface area contributed by atoms with Crippen molar-refractivity contribution < 1.29 is 14.2 Å². The first-order valence-corrected chi connectivity index (χ1v) is 5.17. The zero-order valence-corrected chi connectivity index (χ0v) is 8.91. The minimum Gasteiger partial charge on any atom is -0.353 e. The molecule has 0 aromatic heterocycles. The van der Waals surface area contributed by atoms with Crippen molar-refractivity contribution in [3.05, 3.63) is 0 Å². The lowest BCUT2D eigenvalue weighted by molar-refractivity contribution is -0.234. The summed E-state index contributed by atoms with van der Waals surface area (Å²) in [5.41, 5.74) is 0. The lowest BCUT2D eigenvalue weighted by atomic mass is 10.2. The average Bonchev–Trinajstić information content (AvgIpc) is 2.20. The molecule has 3 heteroatoms. The Kier molecular flexibility index (Phi) is 5.62. The largest absolute Gasteiger partial charge is 0.353 e. The molecule has 0 aliphatic carbocycles. The number of hydrogen-bond donors (Lipinski definition) is 0. The summed E-state index contributed by atoms with van der Waals surface area (Å²) in [6.07, 6.45) is 2.64. The summed E-state index contributed by atoms with van der Waals surface area (Å²) < 4.78 is 16.3. The van der Waals surface area contributed by atoms with Gasteiger partial charge in [-0.05, 0) is 39.0 Å². The van der Waals surface area contributed by atoms with Gasteiger partial charge in [0.1, 0.15) is 0 Å². The van der Waals surface area contributed by atoms with E-state index in [1.54, 1.807) is 6.92 Å². The van der Waals surface area contributed by atoms with Crippen molar-refractivity contribution >= 4 is 0 Å². The highest BCUT2D eigenvalue weighted by molar-refractivity contribution is 4.98. The number of hydrogen-bond acceptors (Lipinski definition) is 3. The Morgan fingerprint density at radius 3 is 2.93 bits per heavy atom. The van der Waals surface area contributed by atoms with Crippen LogP contribution in [0.4, 0.5) is 0 Å². The van der Waals surface area contributed by atoms with Crippen LogP contribution in [0.15, 0.2) is 0 Å². The molecule has 1 rings (SSSR count). The molecule has 0 bridgehead atoms. The molecule has 2 atom stereocenters. The maximum absolute atomic E-state index is 5.55. The van der Waals surface area contributed by atoms with Gasteiger partial charge in [-0.15, -0.1) is 5.92 Å². The normalized spacial score (nSPS) is 23.7. The van der Waals surface area contributed by atoms with Gasteiger partial charge in [-0.2, -0.15) is 0 Å². The van der Waals surface area contributed by atoms with Crippen LogP contribution < -0.4 is 0 Å². The lowest BCUT2D eigenvalue weighted by Gasteiger charge is -2.25. The Labute approximate surface area is 85.7 Å². The Hall–Kier alpha value is -0.560. The van der Waals surface area contributed by atoms with Crippen LogP contribution in [0.5, 0.6) is 0 Å². The molecule has 80 valence electrons. The van der Waals surface area contributed by atoms with E-state index in [4.69, 9.17) is 14.2 Å². The van der Waals surface area contributed by atoms with Gasteiger partial charge in [0, 0.05) is 13.2 Å². The van der Waals surface area contributed by atoms with Gasteiger partial charge in [0.2, 0.25) is 6.29 Å². The first-order chi connectivity index (χ1) is 6.86. The zero-order valence-electron chi connectivity index (χ0n) is 8.91. The van der Waals surface area contributed by atoms with E-state index in [1.807, 2.05) is 6.92 Å². The van der Waals surface area contributed by atoms with Crippen LogP contribution in [-0.4, -0.2) is 25.8 Å². The van der Waals surface area contributed by atoms with Crippen molar-refractivity contribution in [1.82, 2.24) is 0 Å². The van der Waals surface area contributed by atoms with Crippen molar-refractivity contribution in [3.63, 3.8) is 0 Å². The van der Waals surface area contributed by atoms with Crippen molar-refractivity contribution in [2.45, 2.75) is 45.7 Å². The molecule has 0 amide bonds. The van der Waals surface area contributed by atoms with Gasteiger partial charge in [0.15, 0.2) is 6.29 Å². The minimum absolute atomic E-state index is 0.138. The van der Waals surface area contributed by atoms with E-state index in [9.17, 15) is 0 Å². The first-order valence-electron chi connectivity index (χ1n) is 5.17. The highest BCUT2D eigenvalue weighted by Gasteiger charge is 2.18. The van der Waals surface area contributed by atoms with Gasteiger partial charge in [-0.1, -0.05) is 0 Å². The molecule has 0 spiro atoms. The highest BCUT2D eigenvalue weighted by Crippen LogP contribution is 2.15. The van der Waals surface area contributed by atoms with E-state index in [2.05, 4.69) is 11.8 Å². The molecule has 0 saturated carbocycles. The Morgan fingerprint density at radius 1 is 1.50 bits per heavy atom. The van der Waals surface area contributed by atoms with E-state index in [0.717, 1.165) is 25.9 Å². The van der Waals surface area contributed by atoms with Crippen LogP contribution in [0.25, 0.3) is 0 Å². The van der Waals surface area contributed by atoms with E-state index < -0.39 is 6.29 Å². The molecule has 1 saturated heterocycles. The molecule has 0 aromatic rings. The van der Waals surface area contributed by atoms with Crippen LogP contribution in [-0.2, 0) is 14.2 Å². The monoisotopic (exact) mass is 198 g/mol. The van der Waals surface area contributed by atoms with Crippen LogP contribution in [0.3, 0.4) is 0 Å². The Morgan fingerprint density at radius 2 is 2.36 bits per heavy atom. The van der Waals surface area contributed by atoms with Crippen molar-refractivity contribution in [1.29, 1.82) is 0 Å². The predicted octanol–water partition coefficient (Wildman–Crippen LogP) is 1.92. The van der Waals surface area contributed by atoms with E-state index >= 15 is 0 Å². The van der Waals surface area contributed by atoms with Gasteiger partial charge < -0.3 is 14.2 Å². The molecule has 3 nitrogen and oxygen atoms in total. The Bertz CT molecular complexity index is 198. The van der Waals surface area contributed by atoms with Crippen LogP contribution in [0, 0.1) is 11.8 Å². The third-order valence-electron chi connectivity index (χ3n) is 1.99. The molecule has 1 aliphatic heterocycles. The molecule has 1 fully saturated rings. The van der Waals surface area contributed by atoms with Crippen molar-refractivity contribution in [2.75, 3.05) is 13.2 Å². The molecular formula is C11H18O3. The van der Waals surface area contributed by atoms with Gasteiger partial charge in [-0.3, -0.25) is 0 Å². The van der Waals surface area contributed by atoms with E-state index in [1.165, 1.54) is 0 Å². The summed E-state index contributed by atoms with van der Waals surface area (Å²) in [4.78, 5) is 0. The number of ether oxygens (including phenoxy) is 3. The standard InChI is InChI=1S/C11H18O3/c1-3-7-10(12-4-2)14-11-8-5-6-9-13-11/h10-11H,4-6,8-9H2,1-2H3. The maximum atomic E-state index is 5.55. The zero-order chi connectivity index (χ0) is 10.2. The van der Waals surface area contributed by atoms with E-state index in [0.29, 0.717) is 6.61 Å². The second-order valence-corrected chi connectivity index (χ2v) is 3.11. The first kappa shape index (κ1) is 11.5. The lowest BCUT2D eigenvalue weighted by Crippen LogP contribution is -2.28. The van der Waals surface area contributed by atoms with Gasteiger partial charge in [0.25, 0.3) is 0 Å². The summed E-state index contributed by atoms with van der Waals surface area (Å²) in [5, 5.41) is 0. The molecule has 14 heavy (non-hydrogen) atoms. The molecule has 0 radical (unpaired) electrons.